The van der Waals surface area contributed by atoms with E-state index in [0.29, 0.717) is 5.56 Å². The molecule has 1 aliphatic rings. The van der Waals surface area contributed by atoms with Gasteiger partial charge in [-0.2, -0.15) is 0 Å². The first-order chi connectivity index (χ1) is 7.59. The summed E-state index contributed by atoms with van der Waals surface area (Å²) in [7, 11) is 0. The normalized spacial score (nSPS) is 20.1. The highest BCUT2D eigenvalue weighted by Crippen LogP contribution is 2.24. The molecule has 1 N–H and O–H groups in total. The molecule has 0 spiro atoms. The molecule has 1 atom stereocenters. The number of carbonyl (C=O) groups excluding carboxylic acids is 1. The topological polar surface area (TPSA) is 40.5 Å². The van der Waals surface area contributed by atoms with Crippen LogP contribution in [0, 0.1) is 6.92 Å². The summed E-state index contributed by atoms with van der Waals surface area (Å²) in [6, 6.07) is 5.43. The van der Waals surface area contributed by atoms with Gasteiger partial charge < -0.3 is 10.0 Å². The highest BCUT2D eigenvalue weighted by molar-refractivity contribution is 5.97. The van der Waals surface area contributed by atoms with Gasteiger partial charge in [-0.25, -0.2) is 0 Å². The van der Waals surface area contributed by atoms with Gasteiger partial charge >= 0.3 is 0 Å². The maximum Gasteiger partial charge on any atom is 0.257 e. The second-order valence-corrected chi connectivity index (χ2v) is 4.51. The molecule has 16 heavy (non-hydrogen) atoms. The lowest BCUT2D eigenvalue weighted by atomic mass is 10.1. The van der Waals surface area contributed by atoms with E-state index in [0.717, 1.165) is 24.9 Å². The largest absolute Gasteiger partial charge is 0.507 e. The second-order valence-electron chi connectivity index (χ2n) is 4.51. The fourth-order valence-corrected chi connectivity index (χ4v) is 2.21. The summed E-state index contributed by atoms with van der Waals surface area (Å²) in [5.74, 6) is 0.0286. The maximum absolute atomic E-state index is 12.2. The van der Waals surface area contributed by atoms with Crippen LogP contribution in [0.2, 0.25) is 0 Å². The number of nitrogens with zero attached hydrogens (tertiary/aromatic N) is 1. The molecule has 2 rings (SSSR count). The van der Waals surface area contributed by atoms with Crippen molar-refractivity contribution in [2.45, 2.75) is 32.7 Å². The van der Waals surface area contributed by atoms with Crippen molar-refractivity contribution in [3.05, 3.63) is 29.3 Å². The summed E-state index contributed by atoms with van der Waals surface area (Å²) in [4.78, 5) is 14.0. The predicted molar refractivity (Wildman–Crippen MR) is 62.6 cm³/mol. The molecule has 1 aromatic carbocycles. The SMILES string of the molecule is Cc1ccc(O)c(C(=O)N2CCCC2C)c1. The summed E-state index contributed by atoms with van der Waals surface area (Å²) in [6.07, 6.45) is 2.11. The Hall–Kier alpha value is -1.51. The molecule has 1 amide bonds. The van der Waals surface area contributed by atoms with E-state index in [1.165, 1.54) is 0 Å². The molecule has 1 heterocycles. The van der Waals surface area contributed by atoms with Crippen LogP contribution in [-0.2, 0) is 0 Å². The lowest BCUT2D eigenvalue weighted by molar-refractivity contribution is 0.0744. The van der Waals surface area contributed by atoms with E-state index in [1.807, 2.05) is 11.8 Å². The van der Waals surface area contributed by atoms with Gasteiger partial charge in [0.15, 0.2) is 0 Å². The number of carbonyl (C=O) groups is 1. The summed E-state index contributed by atoms with van der Waals surface area (Å²) in [5, 5.41) is 9.70. The molecule has 1 unspecified atom stereocenters. The van der Waals surface area contributed by atoms with E-state index in [2.05, 4.69) is 6.92 Å². The van der Waals surface area contributed by atoms with Gasteiger partial charge in [0.2, 0.25) is 0 Å². The van der Waals surface area contributed by atoms with Gasteiger partial charge in [-0.1, -0.05) is 11.6 Å². The van der Waals surface area contributed by atoms with E-state index in [-0.39, 0.29) is 17.7 Å². The third-order valence-corrected chi connectivity index (χ3v) is 3.20. The third-order valence-electron chi connectivity index (χ3n) is 3.20. The predicted octanol–water partition coefficient (Wildman–Crippen LogP) is 2.33. The summed E-state index contributed by atoms with van der Waals surface area (Å²) in [5.41, 5.74) is 1.42. The van der Waals surface area contributed by atoms with Gasteiger partial charge in [0.25, 0.3) is 5.91 Å². The molecule has 0 bridgehead atoms. The summed E-state index contributed by atoms with van der Waals surface area (Å²) < 4.78 is 0. The van der Waals surface area contributed by atoms with Crippen molar-refractivity contribution in [2.75, 3.05) is 6.54 Å². The van der Waals surface area contributed by atoms with E-state index >= 15 is 0 Å². The number of phenols is 1. The van der Waals surface area contributed by atoms with Crippen molar-refractivity contribution >= 4 is 5.91 Å². The monoisotopic (exact) mass is 219 g/mol. The number of aryl methyl sites for hydroxylation is 1. The molecular weight excluding hydrogens is 202 g/mol. The van der Waals surface area contributed by atoms with E-state index in [1.54, 1.807) is 18.2 Å². The molecule has 0 saturated carbocycles. The highest BCUT2D eigenvalue weighted by atomic mass is 16.3. The van der Waals surface area contributed by atoms with Crippen LogP contribution in [0.15, 0.2) is 18.2 Å². The molecule has 1 fully saturated rings. The lowest BCUT2D eigenvalue weighted by Gasteiger charge is -2.22. The van der Waals surface area contributed by atoms with Gasteiger partial charge in [0.05, 0.1) is 5.56 Å². The number of hydrogen-bond acceptors (Lipinski definition) is 2. The Bertz CT molecular complexity index is 414. The molecule has 1 aromatic rings. The number of aromatic hydroxyl groups is 1. The molecular formula is C13H17NO2. The van der Waals surface area contributed by atoms with Crippen LogP contribution >= 0.6 is 0 Å². The zero-order valence-electron chi connectivity index (χ0n) is 9.73. The molecule has 1 saturated heterocycles. The zero-order chi connectivity index (χ0) is 11.7. The van der Waals surface area contributed by atoms with Gasteiger partial charge in [-0.05, 0) is 38.8 Å². The quantitative estimate of drug-likeness (QED) is 0.787. The number of hydrogen-bond donors (Lipinski definition) is 1. The Balaban J connectivity index is 2.29. The minimum absolute atomic E-state index is 0.0498. The van der Waals surface area contributed by atoms with Crippen LogP contribution in [0.3, 0.4) is 0 Å². The smallest absolute Gasteiger partial charge is 0.257 e. The minimum Gasteiger partial charge on any atom is -0.507 e. The minimum atomic E-state index is -0.0498. The summed E-state index contributed by atoms with van der Waals surface area (Å²) >= 11 is 0. The number of likely N-dealkylation sites (tertiary alicyclic amines) is 1. The van der Waals surface area contributed by atoms with E-state index < -0.39 is 0 Å². The molecule has 0 aliphatic carbocycles. The Morgan fingerprint density at radius 1 is 1.50 bits per heavy atom. The maximum atomic E-state index is 12.2. The lowest BCUT2D eigenvalue weighted by Crippen LogP contribution is -2.33. The number of benzene rings is 1. The van der Waals surface area contributed by atoms with Gasteiger partial charge in [-0.15, -0.1) is 0 Å². The molecule has 86 valence electrons. The molecule has 0 radical (unpaired) electrons. The molecule has 3 heteroatoms. The van der Waals surface area contributed by atoms with Crippen LogP contribution in [-0.4, -0.2) is 28.5 Å². The fourth-order valence-electron chi connectivity index (χ4n) is 2.21. The molecule has 0 aromatic heterocycles. The zero-order valence-corrected chi connectivity index (χ0v) is 9.73. The Morgan fingerprint density at radius 3 is 2.88 bits per heavy atom. The third kappa shape index (κ3) is 1.90. The van der Waals surface area contributed by atoms with Crippen LogP contribution in [0.1, 0.15) is 35.7 Å². The Labute approximate surface area is 95.7 Å². The second kappa shape index (κ2) is 4.16. The summed E-state index contributed by atoms with van der Waals surface area (Å²) in [6.45, 7) is 4.77. The Kier molecular flexibility index (Phi) is 2.86. The average Bonchev–Trinajstić information content (AvgIpc) is 2.67. The highest BCUT2D eigenvalue weighted by Gasteiger charge is 2.27. The van der Waals surface area contributed by atoms with Gasteiger partial charge in [0, 0.05) is 12.6 Å². The van der Waals surface area contributed by atoms with Gasteiger partial charge in [0.1, 0.15) is 5.75 Å². The van der Waals surface area contributed by atoms with Crippen molar-refractivity contribution < 1.29 is 9.90 Å². The first-order valence-electron chi connectivity index (χ1n) is 5.70. The first kappa shape index (κ1) is 11.0. The fraction of sp³-hybridized carbons (Fsp3) is 0.462. The van der Waals surface area contributed by atoms with Crippen LogP contribution in [0.5, 0.6) is 5.75 Å². The number of rotatable bonds is 1. The van der Waals surface area contributed by atoms with Crippen LogP contribution < -0.4 is 0 Å². The van der Waals surface area contributed by atoms with Crippen molar-refractivity contribution in [2.24, 2.45) is 0 Å². The average molecular weight is 219 g/mol. The van der Waals surface area contributed by atoms with Crippen molar-refractivity contribution in [1.82, 2.24) is 4.90 Å². The van der Waals surface area contributed by atoms with Crippen LogP contribution in [0.4, 0.5) is 0 Å². The van der Waals surface area contributed by atoms with E-state index in [4.69, 9.17) is 0 Å². The standard InChI is InChI=1S/C13H17NO2/c1-9-5-6-12(15)11(8-9)13(16)14-7-3-4-10(14)2/h5-6,8,10,15H,3-4,7H2,1-2H3. The molecule has 3 nitrogen and oxygen atoms in total. The van der Waals surface area contributed by atoms with E-state index in [9.17, 15) is 9.90 Å². The van der Waals surface area contributed by atoms with Crippen molar-refractivity contribution in [3.8, 4) is 5.75 Å². The van der Waals surface area contributed by atoms with Crippen molar-refractivity contribution in [3.63, 3.8) is 0 Å². The van der Waals surface area contributed by atoms with Crippen LogP contribution in [0.25, 0.3) is 0 Å². The Morgan fingerprint density at radius 2 is 2.25 bits per heavy atom. The first-order valence-corrected chi connectivity index (χ1v) is 5.70. The number of phenolic OH excluding ortho intramolecular Hbond substituents is 1. The number of amides is 1. The molecule has 1 aliphatic heterocycles. The van der Waals surface area contributed by atoms with Gasteiger partial charge in [-0.3, -0.25) is 4.79 Å². The van der Waals surface area contributed by atoms with Crippen molar-refractivity contribution in [1.29, 1.82) is 0 Å².